The Morgan fingerprint density at radius 2 is 1.64 bits per heavy atom. The molecule has 4 aliphatic rings. The second-order valence-corrected chi connectivity index (χ2v) is 12.2. The zero-order valence-corrected chi connectivity index (χ0v) is 21.2. The summed E-state index contributed by atoms with van der Waals surface area (Å²) in [7, 11) is -3.58. The van der Waals surface area contributed by atoms with E-state index in [0.29, 0.717) is 70.7 Å². The van der Waals surface area contributed by atoms with Crippen molar-refractivity contribution in [2.24, 2.45) is 5.92 Å². The number of rotatable bonds is 7. The highest BCUT2D eigenvalue weighted by atomic mass is 32.2. The lowest BCUT2D eigenvalue weighted by molar-refractivity contribution is -0.179. The monoisotopic (exact) mass is 486 g/mol. The van der Waals surface area contributed by atoms with Crippen LogP contribution in [0.1, 0.15) is 65.2 Å². The van der Waals surface area contributed by atoms with E-state index < -0.39 is 16.0 Å². The first kappa shape index (κ1) is 25.3. The number of piperidine rings is 3. The Morgan fingerprint density at radius 3 is 2.30 bits per heavy atom. The largest absolute Gasteiger partial charge is 0.356 e. The molecule has 9 nitrogen and oxygen atoms in total. The van der Waals surface area contributed by atoms with Gasteiger partial charge in [0.25, 0.3) is 10.2 Å². The van der Waals surface area contributed by atoms with Crippen molar-refractivity contribution in [3.63, 3.8) is 0 Å². The molecular weight excluding hydrogens is 444 g/mol. The van der Waals surface area contributed by atoms with Crippen LogP contribution in [0.2, 0.25) is 0 Å². The lowest BCUT2D eigenvalue weighted by atomic mass is 9.97. The predicted octanol–water partition coefficient (Wildman–Crippen LogP) is 1.55. The van der Waals surface area contributed by atoms with Crippen molar-refractivity contribution in [1.29, 1.82) is 0 Å². The molecule has 0 aromatic rings. The molecule has 10 heteroatoms. The van der Waals surface area contributed by atoms with Crippen LogP contribution < -0.4 is 5.32 Å². The SMILES string of the molecule is C[C@@H]1CCC[C@@H](C)N1CCCNC(=O)[C@H]1CCCN(S(=O)(=O)N2CCC3(CC2)OCCO3)C1. The van der Waals surface area contributed by atoms with Crippen molar-refractivity contribution in [1.82, 2.24) is 18.8 Å². The quantitative estimate of drug-likeness (QED) is 0.549. The minimum atomic E-state index is -3.58. The van der Waals surface area contributed by atoms with Gasteiger partial charge in [0.2, 0.25) is 5.91 Å². The van der Waals surface area contributed by atoms with Gasteiger partial charge in [-0.1, -0.05) is 6.42 Å². The fourth-order valence-corrected chi connectivity index (χ4v) is 7.60. The van der Waals surface area contributed by atoms with Crippen LogP contribution in [0.3, 0.4) is 0 Å². The van der Waals surface area contributed by atoms with Gasteiger partial charge in [-0.15, -0.1) is 0 Å². The molecule has 33 heavy (non-hydrogen) atoms. The molecule has 4 rings (SSSR count). The van der Waals surface area contributed by atoms with Crippen LogP contribution in [0.5, 0.6) is 0 Å². The van der Waals surface area contributed by atoms with Crippen molar-refractivity contribution < 1.29 is 22.7 Å². The Balaban J connectivity index is 1.22. The highest BCUT2D eigenvalue weighted by Crippen LogP contribution is 2.33. The molecule has 1 N–H and O–H groups in total. The number of carbonyl (C=O) groups excluding carboxylic acids is 1. The second kappa shape index (κ2) is 10.9. The molecular formula is C23H42N4O5S. The summed E-state index contributed by atoms with van der Waals surface area (Å²) in [5.41, 5.74) is 0. The molecule has 0 aromatic heterocycles. The number of nitrogens with one attached hydrogen (secondary N) is 1. The Labute approximate surface area is 199 Å². The average molecular weight is 487 g/mol. The number of hydrogen-bond acceptors (Lipinski definition) is 6. The van der Waals surface area contributed by atoms with Gasteiger partial charge in [0, 0.05) is 64.2 Å². The van der Waals surface area contributed by atoms with Crippen molar-refractivity contribution in [3.8, 4) is 0 Å². The summed E-state index contributed by atoms with van der Waals surface area (Å²) < 4.78 is 41.0. The number of carbonyl (C=O) groups is 1. The van der Waals surface area contributed by atoms with Gasteiger partial charge in [-0.25, -0.2) is 0 Å². The molecule has 0 aliphatic carbocycles. The molecule has 3 atom stereocenters. The van der Waals surface area contributed by atoms with Crippen LogP contribution in [0.4, 0.5) is 0 Å². The van der Waals surface area contributed by atoms with E-state index in [9.17, 15) is 13.2 Å². The van der Waals surface area contributed by atoms with Gasteiger partial charge < -0.3 is 14.8 Å². The summed E-state index contributed by atoms with van der Waals surface area (Å²) in [5, 5.41) is 3.07. The average Bonchev–Trinajstić information content (AvgIpc) is 3.26. The topological polar surface area (TPSA) is 91.4 Å². The van der Waals surface area contributed by atoms with E-state index in [0.717, 1.165) is 19.4 Å². The smallest absolute Gasteiger partial charge is 0.282 e. The van der Waals surface area contributed by atoms with E-state index >= 15 is 0 Å². The number of likely N-dealkylation sites (tertiary alicyclic amines) is 1. The molecule has 0 saturated carbocycles. The van der Waals surface area contributed by atoms with Crippen molar-refractivity contribution >= 4 is 16.1 Å². The standard InChI is InChI=1S/C23H42N4O5S/c1-19-6-3-7-20(2)27(19)13-5-11-24-22(28)21-8-4-12-26(18-21)33(29,30)25-14-9-23(10-15-25)31-16-17-32-23/h19-21H,3-18H2,1-2H3,(H,24,28)/t19-,20-,21+/m1/s1. The first-order valence-corrected chi connectivity index (χ1v) is 14.3. The van der Waals surface area contributed by atoms with Crippen molar-refractivity contribution in [3.05, 3.63) is 0 Å². The normalized spacial score (nSPS) is 32.2. The third-order valence-corrected chi connectivity index (χ3v) is 9.98. The van der Waals surface area contributed by atoms with E-state index in [1.165, 1.54) is 27.9 Å². The highest BCUT2D eigenvalue weighted by Gasteiger charge is 2.44. The summed E-state index contributed by atoms with van der Waals surface area (Å²) in [4.78, 5) is 15.4. The fraction of sp³-hybridized carbons (Fsp3) is 0.957. The van der Waals surface area contributed by atoms with Crippen LogP contribution >= 0.6 is 0 Å². The third-order valence-electron chi connectivity index (χ3n) is 7.97. The Bertz CT molecular complexity index is 753. The highest BCUT2D eigenvalue weighted by molar-refractivity contribution is 7.86. The van der Waals surface area contributed by atoms with Gasteiger partial charge in [-0.3, -0.25) is 9.69 Å². The van der Waals surface area contributed by atoms with E-state index in [2.05, 4.69) is 24.1 Å². The lowest BCUT2D eigenvalue weighted by Gasteiger charge is -2.40. The maximum absolute atomic E-state index is 13.2. The van der Waals surface area contributed by atoms with Gasteiger partial charge in [0.1, 0.15) is 0 Å². The van der Waals surface area contributed by atoms with Crippen LogP contribution in [-0.2, 0) is 24.5 Å². The molecule has 0 aromatic carbocycles. The zero-order chi connectivity index (χ0) is 23.5. The number of ether oxygens (including phenoxy) is 2. The lowest BCUT2D eigenvalue weighted by Crippen LogP contribution is -2.54. The minimum absolute atomic E-state index is 0.0139. The third kappa shape index (κ3) is 5.90. The summed E-state index contributed by atoms with van der Waals surface area (Å²) >= 11 is 0. The number of hydrogen-bond donors (Lipinski definition) is 1. The van der Waals surface area contributed by atoms with Crippen LogP contribution in [-0.4, -0.2) is 98.2 Å². The molecule has 1 amide bonds. The van der Waals surface area contributed by atoms with Gasteiger partial charge >= 0.3 is 0 Å². The van der Waals surface area contributed by atoms with Crippen molar-refractivity contribution in [2.45, 2.75) is 83.1 Å². The summed E-state index contributed by atoms with van der Waals surface area (Å²) in [6.45, 7) is 8.91. The number of amides is 1. The molecule has 4 fully saturated rings. The molecule has 190 valence electrons. The second-order valence-electron chi connectivity index (χ2n) is 10.2. The number of nitrogens with zero attached hydrogens (tertiary/aromatic N) is 3. The predicted molar refractivity (Wildman–Crippen MR) is 126 cm³/mol. The van der Waals surface area contributed by atoms with E-state index in [1.807, 2.05) is 0 Å². The zero-order valence-electron chi connectivity index (χ0n) is 20.3. The molecule has 1 spiro atoms. The van der Waals surface area contributed by atoms with Crippen LogP contribution in [0.15, 0.2) is 0 Å². The van der Waals surface area contributed by atoms with E-state index in [-0.39, 0.29) is 18.4 Å². The first-order chi connectivity index (χ1) is 15.8. The van der Waals surface area contributed by atoms with Gasteiger partial charge in [0.15, 0.2) is 5.79 Å². The molecule has 4 aliphatic heterocycles. The molecule has 0 unspecified atom stereocenters. The van der Waals surface area contributed by atoms with Crippen LogP contribution in [0.25, 0.3) is 0 Å². The fourth-order valence-electron chi connectivity index (χ4n) is 5.91. The summed E-state index contributed by atoms with van der Waals surface area (Å²) in [6.07, 6.45) is 7.29. The Hall–Kier alpha value is -0.780. The maximum atomic E-state index is 13.2. The summed E-state index contributed by atoms with van der Waals surface area (Å²) in [5.74, 6) is -0.890. The maximum Gasteiger partial charge on any atom is 0.282 e. The van der Waals surface area contributed by atoms with Gasteiger partial charge in [-0.2, -0.15) is 17.0 Å². The molecule has 0 radical (unpaired) electrons. The first-order valence-electron chi connectivity index (χ1n) is 12.9. The van der Waals surface area contributed by atoms with Gasteiger partial charge in [0.05, 0.1) is 19.1 Å². The Kier molecular flexibility index (Phi) is 8.34. The molecule has 4 saturated heterocycles. The van der Waals surface area contributed by atoms with Crippen LogP contribution in [0, 0.1) is 5.92 Å². The Morgan fingerprint density at radius 1 is 0.970 bits per heavy atom. The molecule has 0 bridgehead atoms. The van der Waals surface area contributed by atoms with E-state index in [1.54, 1.807) is 0 Å². The van der Waals surface area contributed by atoms with E-state index in [4.69, 9.17) is 9.47 Å². The summed E-state index contributed by atoms with van der Waals surface area (Å²) in [6, 6.07) is 1.22. The molecule has 4 heterocycles. The minimum Gasteiger partial charge on any atom is -0.356 e. The van der Waals surface area contributed by atoms with Gasteiger partial charge in [-0.05, 0) is 46.0 Å². The van der Waals surface area contributed by atoms with Crippen molar-refractivity contribution in [2.75, 3.05) is 52.5 Å².